The molecule has 0 aromatic carbocycles. The van der Waals surface area contributed by atoms with Crippen LogP contribution in [-0.4, -0.2) is 42.5 Å². The second-order valence-electron chi connectivity index (χ2n) is 9.21. The van der Waals surface area contributed by atoms with Crippen LogP contribution in [0, 0.1) is 0 Å². The van der Waals surface area contributed by atoms with Gasteiger partial charge in [-0.2, -0.15) is 0 Å². The Labute approximate surface area is 220 Å². The molecule has 0 fully saturated rings. The average Bonchev–Trinajstić information content (AvgIpc) is 3.47. The van der Waals surface area contributed by atoms with Gasteiger partial charge in [0.1, 0.15) is 0 Å². The lowest BCUT2D eigenvalue weighted by molar-refractivity contribution is 0.503. The Balaban J connectivity index is 1.79. The molecular weight excluding hydrogens is 516 g/mol. The van der Waals surface area contributed by atoms with Crippen molar-refractivity contribution in [2.24, 2.45) is 28.2 Å². The first-order chi connectivity index (χ1) is 17.5. The Morgan fingerprint density at radius 1 is 0.649 bits per heavy atom. The molecule has 0 aliphatic heterocycles. The minimum atomic E-state index is -0.424. The van der Waals surface area contributed by atoms with Crippen LogP contribution in [0.15, 0.2) is 29.5 Å². The molecule has 2 atom stereocenters. The van der Waals surface area contributed by atoms with Crippen LogP contribution >= 0.6 is 23.5 Å². The number of aryl methyl sites for hydroxylation is 2. The van der Waals surface area contributed by atoms with Crippen LogP contribution in [0.5, 0.6) is 0 Å². The van der Waals surface area contributed by atoms with Crippen LogP contribution in [0.25, 0.3) is 22.3 Å². The molecule has 0 spiro atoms. The molecule has 0 saturated heterocycles. The minimum absolute atomic E-state index is 0.00932. The summed E-state index contributed by atoms with van der Waals surface area (Å²) < 4.78 is 8.80. The summed E-state index contributed by atoms with van der Waals surface area (Å²) in [6.07, 6.45) is 1.55. The molecule has 0 aliphatic carbocycles. The number of imidazole rings is 2. The Bertz CT molecular complexity index is 1630. The summed E-state index contributed by atoms with van der Waals surface area (Å²) in [4.78, 5) is 60.4. The van der Waals surface area contributed by atoms with E-state index in [1.54, 1.807) is 14.1 Å². The van der Waals surface area contributed by atoms with Crippen molar-refractivity contribution < 1.29 is 0 Å². The zero-order valence-electron chi connectivity index (χ0n) is 22.3. The van der Waals surface area contributed by atoms with Crippen molar-refractivity contribution in [3.05, 3.63) is 41.7 Å². The topological polar surface area (TPSA) is 124 Å². The van der Waals surface area contributed by atoms with Gasteiger partial charge in [-0.1, -0.05) is 37.4 Å². The first-order valence-electron chi connectivity index (χ1n) is 12.1. The van der Waals surface area contributed by atoms with E-state index in [4.69, 9.17) is 0 Å². The van der Waals surface area contributed by atoms with E-state index >= 15 is 0 Å². The Morgan fingerprint density at radius 3 is 1.32 bits per heavy atom. The summed E-state index contributed by atoms with van der Waals surface area (Å²) in [6.45, 7) is 8.10. The molecule has 200 valence electrons. The molecule has 0 radical (unpaired) electrons. The molecule has 0 aliphatic rings. The van der Waals surface area contributed by atoms with Gasteiger partial charge in [-0.15, -0.1) is 0 Å². The van der Waals surface area contributed by atoms with Gasteiger partial charge in [-0.3, -0.25) is 27.9 Å². The maximum Gasteiger partial charge on any atom is 0.332 e. The lowest BCUT2D eigenvalue weighted by Gasteiger charge is -2.16. The number of aromatic nitrogens is 8. The monoisotopic (exact) mass is 548 g/mol. The lowest BCUT2D eigenvalue weighted by atomic mass is 10.2. The number of rotatable bonds is 8. The fraction of sp³-hybridized carbons (Fsp3) is 0.565. The van der Waals surface area contributed by atoms with E-state index in [0.29, 0.717) is 37.7 Å². The highest BCUT2D eigenvalue weighted by molar-refractivity contribution is 8.15. The largest absolute Gasteiger partial charge is 0.332 e. The maximum absolute atomic E-state index is 13.0. The van der Waals surface area contributed by atoms with Crippen LogP contribution in [0.2, 0.25) is 0 Å². The van der Waals surface area contributed by atoms with Crippen molar-refractivity contribution in [3.63, 3.8) is 0 Å². The number of hydrogen-bond acceptors (Lipinski definition) is 8. The van der Waals surface area contributed by atoms with E-state index in [1.165, 1.54) is 46.8 Å². The minimum Gasteiger partial charge on any atom is -0.310 e. The van der Waals surface area contributed by atoms with Crippen molar-refractivity contribution in [3.8, 4) is 0 Å². The van der Waals surface area contributed by atoms with Crippen molar-refractivity contribution in [1.82, 2.24) is 37.4 Å². The first kappa shape index (κ1) is 27.0. The highest BCUT2D eigenvalue weighted by atomic mass is 32.2. The van der Waals surface area contributed by atoms with Crippen LogP contribution < -0.4 is 22.5 Å². The van der Waals surface area contributed by atoms with E-state index < -0.39 is 11.4 Å². The highest BCUT2D eigenvalue weighted by Crippen LogP contribution is 2.33. The summed E-state index contributed by atoms with van der Waals surface area (Å²) in [7, 11) is 6.16. The van der Waals surface area contributed by atoms with E-state index in [2.05, 4.69) is 9.97 Å². The van der Waals surface area contributed by atoms with E-state index in [9.17, 15) is 19.2 Å². The van der Waals surface area contributed by atoms with Crippen molar-refractivity contribution in [1.29, 1.82) is 0 Å². The van der Waals surface area contributed by atoms with E-state index in [1.807, 2.05) is 36.8 Å². The Kier molecular flexibility index (Phi) is 7.34. The van der Waals surface area contributed by atoms with Gasteiger partial charge in [0.15, 0.2) is 32.6 Å². The fourth-order valence-electron chi connectivity index (χ4n) is 4.31. The van der Waals surface area contributed by atoms with Gasteiger partial charge in [0, 0.05) is 40.3 Å². The highest BCUT2D eigenvalue weighted by Gasteiger charge is 2.24. The van der Waals surface area contributed by atoms with Crippen LogP contribution in [0.3, 0.4) is 0 Å². The van der Waals surface area contributed by atoms with Gasteiger partial charge >= 0.3 is 11.4 Å². The maximum atomic E-state index is 13.0. The number of hydrogen-bond donors (Lipinski definition) is 0. The third-order valence-corrected chi connectivity index (χ3v) is 8.99. The molecule has 4 heterocycles. The third kappa shape index (κ3) is 4.19. The molecular formula is C23H32N8O4S2. The molecule has 0 amide bonds. The summed E-state index contributed by atoms with van der Waals surface area (Å²) in [6, 6.07) is -0.0186. The van der Waals surface area contributed by atoms with Crippen LogP contribution in [0.1, 0.15) is 52.6 Å². The predicted molar refractivity (Wildman–Crippen MR) is 147 cm³/mol. The zero-order valence-corrected chi connectivity index (χ0v) is 23.9. The molecule has 14 heteroatoms. The van der Waals surface area contributed by atoms with Crippen LogP contribution in [-0.2, 0) is 28.2 Å². The fourth-order valence-corrected chi connectivity index (χ4v) is 6.51. The van der Waals surface area contributed by atoms with Crippen LogP contribution in [0.4, 0.5) is 0 Å². The zero-order chi connectivity index (χ0) is 27.3. The summed E-state index contributed by atoms with van der Waals surface area (Å²) >= 11 is 2.88. The van der Waals surface area contributed by atoms with E-state index in [-0.39, 0.29) is 23.2 Å². The van der Waals surface area contributed by atoms with Gasteiger partial charge < -0.3 is 9.13 Å². The van der Waals surface area contributed by atoms with Crippen molar-refractivity contribution in [2.45, 2.75) is 62.9 Å². The normalized spacial score (nSPS) is 13.6. The second kappa shape index (κ2) is 10.0. The quantitative estimate of drug-likeness (QED) is 0.242. The molecule has 4 aromatic heterocycles. The van der Waals surface area contributed by atoms with Gasteiger partial charge in [0.05, 0.1) is 5.08 Å². The SMILES string of the molecule is CC[C@H](C)n1c(SCSc2nc3c(c(=O)n(C)c(=O)n3C)n2[C@@H](C)CC)nc2c1c(=O)n(C)c(=O)n2C. The third-order valence-electron chi connectivity index (χ3n) is 6.96. The predicted octanol–water partition coefficient (Wildman–Crippen LogP) is 1.96. The van der Waals surface area contributed by atoms with Gasteiger partial charge in [0.2, 0.25) is 0 Å². The van der Waals surface area contributed by atoms with Gasteiger partial charge in [0.25, 0.3) is 11.1 Å². The Hall–Kier alpha value is -3.00. The molecule has 0 saturated carbocycles. The summed E-state index contributed by atoms with van der Waals surface area (Å²) in [5, 5.41) is 1.75. The molecule has 4 rings (SSSR count). The molecule has 12 nitrogen and oxygen atoms in total. The molecule has 0 bridgehead atoms. The first-order valence-corrected chi connectivity index (χ1v) is 14.0. The van der Waals surface area contributed by atoms with Crippen molar-refractivity contribution in [2.75, 3.05) is 5.08 Å². The molecule has 0 unspecified atom stereocenters. The second-order valence-corrected chi connectivity index (χ2v) is 11.5. The molecule has 4 aromatic rings. The standard InChI is InChI=1S/C23H32N8O4S2/c1-9-12(3)30-14-16(26(5)22(34)28(7)18(14)32)24-20(30)36-11-37-21-25-17-15(31(21)13(4)10-2)19(33)29(8)23(35)27(17)6/h12-13H,9-11H2,1-8H3/t12-,13-/m0/s1. The van der Waals surface area contributed by atoms with Gasteiger partial charge in [-0.05, 0) is 26.7 Å². The Morgan fingerprint density at radius 2 is 1.00 bits per heavy atom. The average molecular weight is 549 g/mol. The summed E-state index contributed by atoms with van der Waals surface area (Å²) in [5.41, 5.74) is -0.0918. The van der Waals surface area contributed by atoms with Crippen molar-refractivity contribution >= 4 is 45.9 Å². The van der Waals surface area contributed by atoms with Gasteiger partial charge in [-0.25, -0.2) is 19.6 Å². The van der Waals surface area contributed by atoms with E-state index in [0.717, 1.165) is 22.0 Å². The summed E-state index contributed by atoms with van der Waals surface area (Å²) in [5.74, 6) is 0. The lowest BCUT2D eigenvalue weighted by Crippen LogP contribution is -2.37. The smallest absolute Gasteiger partial charge is 0.310 e. The number of nitrogens with zero attached hydrogens (tertiary/aromatic N) is 8. The number of thioether (sulfide) groups is 2. The number of fused-ring (bicyclic) bond motifs is 2. The molecule has 0 N–H and O–H groups in total. The molecule has 37 heavy (non-hydrogen) atoms.